The van der Waals surface area contributed by atoms with Crippen LogP contribution in [0.3, 0.4) is 0 Å². The van der Waals surface area contributed by atoms with Crippen LogP contribution in [-0.2, 0) is 14.4 Å². The van der Waals surface area contributed by atoms with Crippen LogP contribution in [0.1, 0.15) is 13.3 Å². The van der Waals surface area contributed by atoms with E-state index in [2.05, 4.69) is 0 Å². The Balaban J connectivity index is -0.000000500. The Morgan fingerprint density at radius 3 is 1.77 bits per heavy atom. The third kappa shape index (κ3) is 8.14. The summed E-state index contributed by atoms with van der Waals surface area (Å²) in [6.07, 6.45) is -0.579. The molecule has 5 nitrogen and oxygen atoms in total. The van der Waals surface area contributed by atoms with Crippen molar-refractivity contribution < 1.29 is 62.3 Å². The standard InChI is InChI=1S/C6H8O5.2Li/c1-3(5(8)9)2-4(7)6(10)11;;/h3H,2H2,1H3,(H,8,9)(H,10,11);;/q;2*+1/p-2/t3-;;/m1../s1. The van der Waals surface area contributed by atoms with Crippen LogP contribution in [0.2, 0.25) is 0 Å². The number of carboxylic acids is 2. The van der Waals surface area contributed by atoms with E-state index in [1.165, 1.54) is 6.92 Å². The van der Waals surface area contributed by atoms with Gasteiger partial charge in [-0.3, -0.25) is 4.79 Å². The van der Waals surface area contributed by atoms with Crippen molar-refractivity contribution >= 4 is 17.7 Å². The van der Waals surface area contributed by atoms with Gasteiger partial charge in [0.05, 0.1) is 0 Å². The summed E-state index contributed by atoms with van der Waals surface area (Å²) in [6.45, 7) is 1.19. The second-order valence-electron chi connectivity index (χ2n) is 2.13. The zero-order valence-electron chi connectivity index (χ0n) is 7.83. The monoisotopic (exact) mass is 172 g/mol. The van der Waals surface area contributed by atoms with Crippen molar-refractivity contribution in [1.82, 2.24) is 0 Å². The van der Waals surface area contributed by atoms with Crippen molar-refractivity contribution in [2.45, 2.75) is 13.3 Å². The molecule has 0 heterocycles. The maximum atomic E-state index is 10.3. The topological polar surface area (TPSA) is 97.3 Å². The number of Topliss-reactive ketones (excluding diaryl/α,β-unsaturated/α-hetero) is 1. The molecule has 0 saturated carbocycles. The Morgan fingerprint density at radius 1 is 1.15 bits per heavy atom. The first-order chi connectivity index (χ1) is 4.95. The molecule has 1 atom stereocenters. The summed E-state index contributed by atoms with van der Waals surface area (Å²) in [5.41, 5.74) is 0. The zero-order chi connectivity index (χ0) is 9.02. The molecule has 0 aromatic carbocycles. The van der Waals surface area contributed by atoms with Crippen molar-refractivity contribution in [3.8, 4) is 0 Å². The van der Waals surface area contributed by atoms with Gasteiger partial charge in [-0.15, -0.1) is 0 Å². The molecule has 62 valence electrons. The molecule has 0 spiro atoms. The van der Waals surface area contributed by atoms with E-state index in [1.807, 2.05) is 0 Å². The summed E-state index contributed by atoms with van der Waals surface area (Å²) in [4.78, 5) is 30.1. The van der Waals surface area contributed by atoms with Gasteiger partial charge in [0.25, 0.3) is 0 Å². The van der Waals surface area contributed by atoms with Gasteiger partial charge in [0.1, 0.15) is 5.97 Å². The van der Waals surface area contributed by atoms with Gasteiger partial charge in [-0.2, -0.15) is 0 Å². The molecule has 0 aliphatic heterocycles. The quantitative estimate of drug-likeness (QED) is 0.309. The predicted octanol–water partition coefficient (Wildman–Crippen LogP) is -8.91. The fraction of sp³-hybridized carbons (Fsp3) is 0.500. The summed E-state index contributed by atoms with van der Waals surface area (Å²) < 4.78 is 0. The van der Waals surface area contributed by atoms with Crippen LogP contribution in [0, 0.1) is 5.92 Å². The van der Waals surface area contributed by atoms with E-state index in [4.69, 9.17) is 0 Å². The van der Waals surface area contributed by atoms with Crippen LogP contribution in [0.15, 0.2) is 0 Å². The van der Waals surface area contributed by atoms with Crippen molar-refractivity contribution in [2.24, 2.45) is 5.92 Å². The predicted molar refractivity (Wildman–Crippen MR) is 28.8 cm³/mol. The molecule has 0 aliphatic rings. The number of hydrogen-bond acceptors (Lipinski definition) is 5. The maximum Gasteiger partial charge on any atom is 1.00 e. The molecule has 0 bridgehead atoms. The summed E-state index contributed by atoms with van der Waals surface area (Å²) in [6, 6.07) is 0. The molecule has 13 heavy (non-hydrogen) atoms. The van der Waals surface area contributed by atoms with Crippen LogP contribution in [0.25, 0.3) is 0 Å². The Morgan fingerprint density at radius 2 is 1.54 bits per heavy atom. The minimum Gasteiger partial charge on any atom is -0.550 e. The molecule has 0 saturated heterocycles. The molecule has 0 N–H and O–H groups in total. The first-order valence-corrected chi connectivity index (χ1v) is 2.90. The first kappa shape index (κ1) is 18.6. The normalized spacial score (nSPS) is 10.2. The molecule has 0 aromatic rings. The molecular weight excluding hydrogens is 166 g/mol. The fourth-order valence-electron chi connectivity index (χ4n) is 0.445. The van der Waals surface area contributed by atoms with E-state index in [0.29, 0.717) is 0 Å². The Hall–Kier alpha value is -0.195. The largest absolute Gasteiger partial charge is 1.00 e. The minimum absolute atomic E-state index is 0. The summed E-state index contributed by atoms with van der Waals surface area (Å²) in [7, 11) is 0. The van der Waals surface area contributed by atoms with Gasteiger partial charge in [0.2, 0.25) is 0 Å². The average Bonchev–Trinajstić information content (AvgIpc) is 1.87. The number of carbonyl (C=O) groups is 3. The van der Waals surface area contributed by atoms with Crippen molar-refractivity contribution in [2.75, 3.05) is 0 Å². The van der Waals surface area contributed by atoms with Crippen LogP contribution in [0.5, 0.6) is 0 Å². The second-order valence-corrected chi connectivity index (χ2v) is 2.13. The molecule has 0 aromatic heterocycles. The van der Waals surface area contributed by atoms with Crippen LogP contribution in [0.4, 0.5) is 0 Å². The summed E-state index contributed by atoms with van der Waals surface area (Å²) in [5, 5.41) is 19.8. The van der Waals surface area contributed by atoms with E-state index in [9.17, 15) is 24.6 Å². The number of hydrogen-bond donors (Lipinski definition) is 0. The van der Waals surface area contributed by atoms with Gasteiger partial charge >= 0.3 is 37.7 Å². The third-order valence-corrected chi connectivity index (χ3v) is 1.12. The molecule has 0 aliphatic carbocycles. The molecule has 7 heteroatoms. The smallest absolute Gasteiger partial charge is 0.550 e. The van der Waals surface area contributed by atoms with Crippen LogP contribution < -0.4 is 47.9 Å². The van der Waals surface area contributed by atoms with Crippen molar-refractivity contribution in [3.05, 3.63) is 0 Å². The number of aliphatic carboxylic acids is 2. The SMILES string of the molecule is C[C@H](CC(=O)C(=O)[O-])C(=O)[O-].[Li+].[Li+]. The molecule has 0 radical (unpaired) electrons. The van der Waals surface area contributed by atoms with Crippen LogP contribution in [-0.4, -0.2) is 17.7 Å². The number of ketones is 1. The number of carbonyl (C=O) groups excluding carboxylic acids is 3. The maximum absolute atomic E-state index is 10.3. The Kier molecular flexibility index (Phi) is 12.0. The van der Waals surface area contributed by atoms with Gasteiger partial charge in [0.15, 0.2) is 5.78 Å². The van der Waals surface area contributed by atoms with Gasteiger partial charge in [-0.25, -0.2) is 0 Å². The van der Waals surface area contributed by atoms with Crippen molar-refractivity contribution in [1.29, 1.82) is 0 Å². The second kappa shape index (κ2) is 8.41. The van der Waals surface area contributed by atoms with Gasteiger partial charge in [-0.1, -0.05) is 6.92 Å². The minimum atomic E-state index is -1.86. The Labute approximate surface area is 99.2 Å². The average molecular weight is 172 g/mol. The molecular formula is C6H6Li2O5. The molecule has 0 unspecified atom stereocenters. The van der Waals surface area contributed by atoms with E-state index in [-0.39, 0.29) is 37.7 Å². The van der Waals surface area contributed by atoms with E-state index in [1.54, 1.807) is 0 Å². The number of rotatable bonds is 4. The van der Waals surface area contributed by atoms with E-state index in [0.717, 1.165) is 0 Å². The molecule has 0 amide bonds. The summed E-state index contributed by atoms with van der Waals surface area (Å²) >= 11 is 0. The Bertz CT molecular complexity index is 203. The van der Waals surface area contributed by atoms with Gasteiger partial charge in [-0.05, 0) is 0 Å². The van der Waals surface area contributed by atoms with E-state index >= 15 is 0 Å². The third-order valence-electron chi connectivity index (χ3n) is 1.12. The van der Waals surface area contributed by atoms with Crippen LogP contribution >= 0.6 is 0 Å². The van der Waals surface area contributed by atoms with E-state index < -0.39 is 30.1 Å². The molecule has 0 rings (SSSR count). The molecule has 0 fully saturated rings. The fourth-order valence-corrected chi connectivity index (χ4v) is 0.445. The van der Waals surface area contributed by atoms with Crippen molar-refractivity contribution in [3.63, 3.8) is 0 Å². The van der Waals surface area contributed by atoms with Gasteiger partial charge < -0.3 is 19.8 Å². The van der Waals surface area contributed by atoms with Gasteiger partial charge in [0, 0.05) is 18.3 Å². The number of carboxylic acid groups (broad SMARTS) is 2. The first-order valence-electron chi connectivity index (χ1n) is 2.90. The zero-order valence-corrected chi connectivity index (χ0v) is 7.83. The summed E-state index contributed by atoms with van der Waals surface area (Å²) in [5.74, 6) is -5.61.